The van der Waals surface area contributed by atoms with Crippen molar-refractivity contribution in [2.45, 2.75) is 12.8 Å². The SMILES string of the molecule is O=c1cc[nH]c2c1C=C(Br)CC2. The third-order valence-electron chi connectivity index (χ3n) is 2.00. The van der Waals surface area contributed by atoms with Crippen molar-refractivity contribution >= 4 is 22.0 Å². The van der Waals surface area contributed by atoms with Crippen molar-refractivity contribution in [2.24, 2.45) is 0 Å². The predicted molar refractivity (Wildman–Crippen MR) is 52.3 cm³/mol. The van der Waals surface area contributed by atoms with Gasteiger partial charge in [-0.3, -0.25) is 4.79 Å². The third-order valence-corrected chi connectivity index (χ3v) is 2.62. The number of allylic oxidation sites excluding steroid dienone is 1. The number of nitrogens with one attached hydrogen (secondary N) is 1. The fourth-order valence-electron chi connectivity index (χ4n) is 1.37. The predicted octanol–water partition coefficient (Wildman–Crippen LogP) is 2.06. The third kappa shape index (κ3) is 1.25. The van der Waals surface area contributed by atoms with E-state index in [1.807, 2.05) is 6.08 Å². The summed E-state index contributed by atoms with van der Waals surface area (Å²) in [6.07, 6.45) is 5.50. The molecule has 0 unspecified atom stereocenters. The molecule has 0 spiro atoms. The van der Waals surface area contributed by atoms with Crippen LogP contribution in [0.2, 0.25) is 0 Å². The maximum absolute atomic E-state index is 11.3. The van der Waals surface area contributed by atoms with Gasteiger partial charge in [-0.1, -0.05) is 15.9 Å². The first-order valence-electron chi connectivity index (χ1n) is 3.84. The van der Waals surface area contributed by atoms with Crippen molar-refractivity contribution in [3.05, 3.63) is 38.2 Å². The number of fused-ring (bicyclic) bond motifs is 1. The van der Waals surface area contributed by atoms with E-state index < -0.39 is 0 Å². The Morgan fingerprint density at radius 3 is 3.08 bits per heavy atom. The van der Waals surface area contributed by atoms with Gasteiger partial charge in [0.1, 0.15) is 0 Å². The number of aromatic amines is 1. The maximum Gasteiger partial charge on any atom is 0.189 e. The van der Waals surface area contributed by atoms with Crippen LogP contribution in [0.4, 0.5) is 0 Å². The monoisotopic (exact) mass is 225 g/mol. The van der Waals surface area contributed by atoms with Gasteiger partial charge >= 0.3 is 0 Å². The van der Waals surface area contributed by atoms with E-state index in [1.54, 1.807) is 12.3 Å². The van der Waals surface area contributed by atoms with Crippen LogP contribution in [0.3, 0.4) is 0 Å². The van der Waals surface area contributed by atoms with Crippen LogP contribution in [-0.2, 0) is 6.42 Å². The Kier molecular flexibility index (Phi) is 1.89. The van der Waals surface area contributed by atoms with Crippen molar-refractivity contribution in [3.8, 4) is 0 Å². The van der Waals surface area contributed by atoms with Crippen LogP contribution in [0.1, 0.15) is 17.7 Å². The summed E-state index contributed by atoms with van der Waals surface area (Å²) < 4.78 is 1.10. The lowest BCUT2D eigenvalue weighted by Gasteiger charge is -2.10. The topological polar surface area (TPSA) is 32.9 Å². The second-order valence-corrected chi connectivity index (χ2v) is 3.84. The molecular formula is C9H8BrNO. The summed E-state index contributed by atoms with van der Waals surface area (Å²) in [7, 11) is 0. The zero-order valence-electron chi connectivity index (χ0n) is 6.43. The van der Waals surface area contributed by atoms with Crippen LogP contribution >= 0.6 is 15.9 Å². The van der Waals surface area contributed by atoms with E-state index in [0.29, 0.717) is 0 Å². The summed E-state index contributed by atoms with van der Waals surface area (Å²) in [5.41, 5.74) is 1.95. The molecule has 1 aromatic rings. The molecule has 0 amide bonds. The van der Waals surface area contributed by atoms with Crippen LogP contribution in [0.25, 0.3) is 6.08 Å². The Morgan fingerprint density at radius 2 is 2.25 bits per heavy atom. The van der Waals surface area contributed by atoms with Crippen LogP contribution < -0.4 is 5.43 Å². The van der Waals surface area contributed by atoms with Crippen LogP contribution in [0.15, 0.2) is 21.5 Å². The molecule has 1 N–H and O–H groups in total. The van der Waals surface area contributed by atoms with E-state index >= 15 is 0 Å². The number of H-pyrrole nitrogens is 1. The number of rotatable bonds is 0. The van der Waals surface area contributed by atoms with Gasteiger partial charge in [-0.05, 0) is 23.4 Å². The summed E-state index contributed by atoms with van der Waals surface area (Å²) in [5, 5.41) is 0. The van der Waals surface area contributed by atoms with Crippen molar-refractivity contribution < 1.29 is 0 Å². The Bertz CT molecular complexity index is 392. The van der Waals surface area contributed by atoms with Crippen molar-refractivity contribution in [1.29, 1.82) is 0 Å². The standard InChI is InChI=1S/C9H8BrNO/c10-6-1-2-8-7(5-6)9(12)3-4-11-8/h3-5H,1-2H2,(H,11,12). The van der Waals surface area contributed by atoms with Crippen LogP contribution in [0.5, 0.6) is 0 Å². The van der Waals surface area contributed by atoms with Gasteiger partial charge in [-0.25, -0.2) is 0 Å². The van der Waals surface area contributed by atoms with Gasteiger partial charge < -0.3 is 4.98 Å². The Labute approximate surface area is 78.4 Å². The van der Waals surface area contributed by atoms with E-state index in [9.17, 15) is 4.79 Å². The lowest BCUT2D eigenvalue weighted by atomic mass is 10.0. The van der Waals surface area contributed by atoms with Gasteiger partial charge in [-0.15, -0.1) is 0 Å². The summed E-state index contributed by atoms with van der Waals surface area (Å²) >= 11 is 3.40. The smallest absolute Gasteiger partial charge is 0.189 e. The fraction of sp³-hybridized carbons (Fsp3) is 0.222. The average molecular weight is 226 g/mol. The van der Waals surface area contributed by atoms with Gasteiger partial charge in [-0.2, -0.15) is 0 Å². The first-order chi connectivity index (χ1) is 5.77. The van der Waals surface area contributed by atoms with Gasteiger partial charge in [0.15, 0.2) is 5.43 Å². The molecule has 2 nitrogen and oxygen atoms in total. The first kappa shape index (κ1) is 7.80. The molecule has 0 bridgehead atoms. The number of aryl methyl sites for hydroxylation is 1. The van der Waals surface area contributed by atoms with Gasteiger partial charge in [0, 0.05) is 23.5 Å². The van der Waals surface area contributed by atoms with Crippen molar-refractivity contribution in [3.63, 3.8) is 0 Å². The molecule has 0 atom stereocenters. The molecule has 1 aliphatic rings. The second-order valence-electron chi connectivity index (χ2n) is 2.83. The molecule has 0 saturated carbocycles. The second kappa shape index (κ2) is 2.90. The molecule has 12 heavy (non-hydrogen) atoms. The van der Waals surface area contributed by atoms with E-state index in [2.05, 4.69) is 20.9 Å². The molecule has 0 aromatic carbocycles. The van der Waals surface area contributed by atoms with Crippen LogP contribution in [0, 0.1) is 0 Å². The normalized spacial score (nSPS) is 15.2. The van der Waals surface area contributed by atoms with E-state index in [4.69, 9.17) is 0 Å². The number of hydrogen-bond acceptors (Lipinski definition) is 1. The molecule has 62 valence electrons. The highest BCUT2D eigenvalue weighted by molar-refractivity contribution is 9.11. The fourth-order valence-corrected chi connectivity index (χ4v) is 1.80. The highest BCUT2D eigenvalue weighted by Crippen LogP contribution is 2.23. The molecule has 3 heteroatoms. The quantitative estimate of drug-likeness (QED) is 0.721. The number of hydrogen-bond donors (Lipinski definition) is 1. The van der Waals surface area contributed by atoms with Crippen molar-refractivity contribution in [1.82, 2.24) is 4.98 Å². The Morgan fingerprint density at radius 1 is 1.42 bits per heavy atom. The van der Waals surface area contributed by atoms with Gasteiger partial charge in [0.25, 0.3) is 0 Å². The summed E-state index contributed by atoms with van der Waals surface area (Å²) in [6.45, 7) is 0. The van der Waals surface area contributed by atoms with E-state index in [1.165, 1.54) is 0 Å². The lowest BCUT2D eigenvalue weighted by molar-refractivity contribution is 0.916. The zero-order valence-corrected chi connectivity index (χ0v) is 8.02. The summed E-state index contributed by atoms with van der Waals surface area (Å²) in [5.74, 6) is 0. The highest BCUT2D eigenvalue weighted by Gasteiger charge is 2.10. The summed E-state index contributed by atoms with van der Waals surface area (Å²) in [6, 6.07) is 1.56. The minimum Gasteiger partial charge on any atom is -0.364 e. The van der Waals surface area contributed by atoms with E-state index in [0.717, 1.165) is 28.6 Å². The number of aromatic nitrogens is 1. The van der Waals surface area contributed by atoms with Gasteiger partial charge in [0.2, 0.25) is 0 Å². The number of halogens is 1. The molecule has 0 fully saturated rings. The minimum atomic E-state index is 0.0976. The molecule has 1 aromatic heterocycles. The highest BCUT2D eigenvalue weighted by atomic mass is 79.9. The molecule has 0 radical (unpaired) electrons. The molecule has 1 heterocycles. The van der Waals surface area contributed by atoms with Gasteiger partial charge in [0.05, 0.1) is 0 Å². The molecule has 0 saturated heterocycles. The Hall–Kier alpha value is -0.830. The first-order valence-corrected chi connectivity index (χ1v) is 4.63. The Balaban J connectivity index is 2.67. The maximum atomic E-state index is 11.3. The minimum absolute atomic E-state index is 0.0976. The van der Waals surface area contributed by atoms with Crippen LogP contribution in [-0.4, -0.2) is 4.98 Å². The average Bonchev–Trinajstić information content (AvgIpc) is 2.07. The summed E-state index contributed by atoms with van der Waals surface area (Å²) in [4.78, 5) is 14.4. The molecule has 2 rings (SSSR count). The zero-order chi connectivity index (χ0) is 8.55. The molecular weight excluding hydrogens is 218 g/mol. The van der Waals surface area contributed by atoms with Crippen molar-refractivity contribution in [2.75, 3.05) is 0 Å². The lowest BCUT2D eigenvalue weighted by Crippen LogP contribution is -2.11. The number of pyridine rings is 1. The molecule has 1 aliphatic carbocycles. The van der Waals surface area contributed by atoms with E-state index in [-0.39, 0.29) is 5.43 Å². The largest absolute Gasteiger partial charge is 0.364 e. The molecule has 0 aliphatic heterocycles.